The third-order valence-corrected chi connectivity index (χ3v) is 2.55. The van der Waals surface area contributed by atoms with E-state index in [4.69, 9.17) is 11.0 Å². The van der Waals surface area contributed by atoms with Gasteiger partial charge in [-0.25, -0.2) is 4.39 Å². The largest absolute Gasteiger partial charge is 0.397 e. The third-order valence-electron chi connectivity index (χ3n) is 2.55. The van der Waals surface area contributed by atoms with Crippen molar-refractivity contribution in [1.29, 1.82) is 5.26 Å². The maximum Gasteiger partial charge on any atom is 0.125 e. The maximum absolute atomic E-state index is 13.1. The fourth-order valence-electron chi connectivity index (χ4n) is 1.63. The van der Waals surface area contributed by atoms with E-state index >= 15 is 0 Å². The number of nitrogens with one attached hydrogen (secondary N) is 1. The lowest BCUT2D eigenvalue weighted by molar-refractivity contribution is 0.628. The number of nitrogens with zero attached hydrogens (tertiary/aromatic N) is 1. The molecule has 2 rings (SSSR count). The number of anilines is 2. The van der Waals surface area contributed by atoms with Gasteiger partial charge in [0.25, 0.3) is 0 Å². The summed E-state index contributed by atoms with van der Waals surface area (Å²) in [6.07, 6.45) is 0. The van der Waals surface area contributed by atoms with Crippen LogP contribution in [0, 0.1) is 17.1 Å². The Labute approximate surface area is 105 Å². The van der Waals surface area contributed by atoms with Crippen molar-refractivity contribution in [3.05, 3.63) is 59.4 Å². The van der Waals surface area contributed by atoms with E-state index in [1.54, 1.807) is 12.1 Å². The molecule has 0 saturated carbocycles. The van der Waals surface area contributed by atoms with E-state index in [-0.39, 0.29) is 5.82 Å². The summed E-state index contributed by atoms with van der Waals surface area (Å²) >= 11 is 0. The summed E-state index contributed by atoms with van der Waals surface area (Å²) in [5, 5.41) is 11.8. The molecule has 0 aliphatic rings. The van der Waals surface area contributed by atoms with Crippen molar-refractivity contribution in [1.82, 2.24) is 0 Å². The average molecular weight is 241 g/mol. The molecule has 2 aromatic rings. The minimum absolute atomic E-state index is 0.336. The first kappa shape index (κ1) is 11.9. The standard InChI is InChI=1S/C14H12FN3/c15-12-4-5-13(17)14(7-12)18-9-11-3-1-2-10(6-11)8-16/h1-7,18H,9,17H2. The van der Waals surface area contributed by atoms with Gasteiger partial charge in [-0.2, -0.15) is 5.26 Å². The van der Waals surface area contributed by atoms with Crippen LogP contribution in [0.3, 0.4) is 0 Å². The second-order valence-electron chi connectivity index (χ2n) is 3.90. The van der Waals surface area contributed by atoms with Crippen molar-refractivity contribution < 1.29 is 4.39 Å². The smallest absolute Gasteiger partial charge is 0.125 e. The highest BCUT2D eigenvalue weighted by molar-refractivity contribution is 5.65. The molecule has 0 fully saturated rings. The minimum Gasteiger partial charge on any atom is -0.397 e. The van der Waals surface area contributed by atoms with E-state index in [1.165, 1.54) is 18.2 Å². The van der Waals surface area contributed by atoms with E-state index in [1.807, 2.05) is 12.1 Å². The number of nitrogen functional groups attached to an aromatic ring is 1. The molecular weight excluding hydrogens is 229 g/mol. The monoisotopic (exact) mass is 241 g/mol. The van der Waals surface area contributed by atoms with Gasteiger partial charge in [-0.3, -0.25) is 0 Å². The van der Waals surface area contributed by atoms with Crippen LogP contribution >= 0.6 is 0 Å². The average Bonchev–Trinajstić information content (AvgIpc) is 2.40. The molecule has 0 spiro atoms. The molecule has 3 N–H and O–H groups in total. The van der Waals surface area contributed by atoms with Gasteiger partial charge < -0.3 is 11.1 Å². The molecule has 2 aromatic carbocycles. The Bertz CT molecular complexity index is 602. The third kappa shape index (κ3) is 2.77. The summed E-state index contributed by atoms with van der Waals surface area (Å²) in [5.74, 6) is -0.336. The number of nitrogens with two attached hydrogens (primary N) is 1. The Kier molecular flexibility index (Phi) is 3.44. The van der Waals surface area contributed by atoms with Crippen LogP contribution in [0.5, 0.6) is 0 Å². The topological polar surface area (TPSA) is 61.8 Å². The van der Waals surface area contributed by atoms with E-state index in [0.29, 0.717) is 23.5 Å². The molecule has 4 heteroatoms. The Hall–Kier alpha value is -2.54. The van der Waals surface area contributed by atoms with Gasteiger partial charge in [-0.05, 0) is 35.9 Å². The van der Waals surface area contributed by atoms with Crippen molar-refractivity contribution in [2.24, 2.45) is 0 Å². The van der Waals surface area contributed by atoms with Gasteiger partial charge in [0.05, 0.1) is 23.0 Å². The van der Waals surface area contributed by atoms with Gasteiger partial charge in [-0.1, -0.05) is 12.1 Å². The van der Waals surface area contributed by atoms with Crippen LogP contribution in [0.1, 0.15) is 11.1 Å². The van der Waals surface area contributed by atoms with Gasteiger partial charge in [0.2, 0.25) is 0 Å². The molecule has 3 nitrogen and oxygen atoms in total. The van der Waals surface area contributed by atoms with E-state index < -0.39 is 0 Å². The van der Waals surface area contributed by atoms with Crippen LogP contribution in [0.2, 0.25) is 0 Å². The van der Waals surface area contributed by atoms with Crippen molar-refractivity contribution in [3.63, 3.8) is 0 Å². The molecule has 0 radical (unpaired) electrons. The minimum atomic E-state index is -0.336. The van der Waals surface area contributed by atoms with E-state index in [0.717, 1.165) is 5.56 Å². The first-order valence-electron chi connectivity index (χ1n) is 5.47. The highest BCUT2D eigenvalue weighted by Crippen LogP contribution is 2.20. The second-order valence-corrected chi connectivity index (χ2v) is 3.90. The molecule has 0 saturated heterocycles. The van der Waals surface area contributed by atoms with Gasteiger partial charge >= 0.3 is 0 Å². The molecule has 0 heterocycles. The van der Waals surface area contributed by atoms with Crippen LogP contribution in [-0.2, 0) is 6.54 Å². The molecule has 0 unspecified atom stereocenters. The number of halogens is 1. The summed E-state index contributed by atoms with van der Waals surface area (Å²) < 4.78 is 13.1. The zero-order valence-corrected chi connectivity index (χ0v) is 9.65. The summed E-state index contributed by atoms with van der Waals surface area (Å²) in [6.45, 7) is 0.489. The van der Waals surface area contributed by atoms with Gasteiger partial charge in [-0.15, -0.1) is 0 Å². The van der Waals surface area contributed by atoms with Crippen molar-refractivity contribution >= 4 is 11.4 Å². The van der Waals surface area contributed by atoms with Gasteiger partial charge in [0, 0.05) is 6.54 Å². The Morgan fingerprint density at radius 1 is 1.22 bits per heavy atom. The fraction of sp³-hybridized carbons (Fsp3) is 0.0714. The summed E-state index contributed by atoms with van der Waals surface area (Å²) in [7, 11) is 0. The van der Waals surface area contributed by atoms with Crippen molar-refractivity contribution in [3.8, 4) is 6.07 Å². The number of nitriles is 1. The summed E-state index contributed by atoms with van der Waals surface area (Å²) in [4.78, 5) is 0. The lowest BCUT2D eigenvalue weighted by Gasteiger charge is -2.09. The van der Waals surface area contributed by atoms with Gasteiger partial charge in [0.15, 0.2) is 0 Å². The van der Waals surface area contributed by atoms with E-state index in [2.05, 4.69) is 11.4 Å². The maximum atomic E-state index is 13.1. The number of benzene rings is 2. The quantitative estimate of drug-likeness (QED) is 0.812. The highest BCUT2D eigenvalue weighted by atomic mass is 19.1. The molecule has 0 aliphatic heterocycles. The zero-order valence-electron chi connectivity index (χ0n) is 9.65. The number of rotatable bonds is 3. The van der Waals surface area contributed by atoms with Gasteiger partial charge in [0.1, 0.15) is 5.82 Å². The molecule has 18 heavy (non-hydrogen) atoms. The summed E-state index contributed by atoms with van der Waals surface area (Å²) in [6, 6.07) is 13.5. The normalized spacial score (nSPS) is 9.78. The van der Waals surface area contributed by atoms with Crippen molar-refractivity contribution in [2.45, 2.75) is 6.54 Å². The zero-order chi connectivity index (χ0) is 13.0. The number of hydrogen-bond acceptors (Lipinski definition) is 3. The van der Waals surface area contributed by atoms with Crippen LogP contribution in [0.4, 0.5) is 15.8 Å². The Balaban J connectivity index is 2.11. The van der Waals surface area contributed by atoms with Crippen LogP contribution in [0.15, 0.2) is 42.5 Å². The molecular formula is C14H12FN3. The Morgan fingerprint density at radius 2 is 2.06 bits per heavy atom. The fourth-order valence-corrected chi connectivity index (χ4v) is 1.63. The lowest BCUT2D eigenvalue weighted by Crippen LogP contribution is -2.03. The second kappa shape index (κ2) is 5.19. The molecule has 0 atom stereocenters. The Morgan fingerprint density at radius 3 is 2.83 bits per heavy atom. The summed E-state index contributed by atoms with van der Waals surface area (Å²) in [5.41, 5.74) is 8.32. The van der Waals surface area contributed by atoms with Crippen LogP contribution in [0.25, 0.3) is 0 Å². The predicted molar refractivity (Wildman–Crippen MR) is 69.3 cm³/mol. The van der Waals surface area contributed by atoms with Crippen molar-refractivity contribution in [2.75, 3.05) is 11.1 Å². The predicted octanol–water partition coefficient (Wildman–Crippen LogP) is 2.89. The molecule has 90 valence electrons. The molecule has 0 bridgehead atoms. The number of hydrogen-bond donors (Lipinski definition) is 2. The SMILES string of the molecule is N#Cc1cccc(CNc2cc(F)ccc2N)c1. The highest BCUT2D eigenvalue weighted by Gasteiger charge is 2.01. The molecule has 0 amide bonds. The molecule has 0 aromatic heterocycles. The molecule has 0 aliphatic carbocycles. The first-order valence-corrected chi connectivity index (χ1v) is 5.47. The van der Waals surface area contributed by atoms with Crippen LogP contribution < -0.4 is 11.1 Å². The van der Waals surface area contributed by atoms with E-state index in [9.17, 15) is 4.39 Å². The lowest BCUT2D eigenvalue weighted by atomic mass is 10.1. The first-order chi connectivity index (χ1) is 8.69. The van der Waals surface area contributed by atoms with Crippen LogP contribution in [-0.4, -0.2) is 0 Å².